The zero-order valence-corrected chi connectivity index (χ0v) is 19.3. The third-order valence-corrected chi connectivity index (χ3v) is 5.83. The molecular formula is C24H31FN4O4. The van der Waals surface area contributed by atoms with E-state index in [-0.39, 0.29) is 23.7 Å². The number of ether oxygens (including phenoxy) is 1. The Hall–Kier alpha value is -3.23. The van der Waals surface area contributed by atoms with Crippen LogP contribution in [-0.2, 0) is 16.1 Å². The van der Waals surface area contributed by atoms with Crippen LogP contribution in [0.4, 0.5) is 10.1 Å². The number of nitrogens with zero attached hydrogens (tertiary/aromatic N) is 3. The Bertz CT molecular complexity index is 998. The lowest BCUT2D eigenvalue weighted by Gasteiger charge is -2.42. The molecule has 1 fully saturated rings. The van der Waals surface area contributed by atoms with Crippen LogP contribution in [0.2, 0.25) is 0 Å². The lowest BCUT2D eigenvalue weighted by molar-refractivity contribution is -0.110. The van der Waals surface area contributed by atoms with Crippen molar-refractivity contribution in [1.82, 2.24) is 15.1 Å². The van der Waals surface area contributed by atoms with Crippen LogP contribution >= 0.6 is 0 Å². The Balaban J connectivity index is 0.000000286. The fraction of sp³-hybridized carbons (Fsp3) is 0.500. The third kappa shape index (κ3) is 5.58. The number of halogens is 1. The Morgan fingerprint density at radius 2 is 1.97 bits per heavy atom. The van der Waals surface area contributed by atoms with Crippen molar-refractivity contribution in [2.24, 2.45) is 0 Å². The van der Waals surface area contributed by atoms with Crippen LogP contribution in [0.3, 0.4) is 0 Å². The Morgan fingerprint density at radius 1 is 1.27 bits per heavy atom. The maximum Gasteiger partial charge on any atom is 0.358 e. The summed E-state index contributed by atoms with van der Waals surface area (Å²) in [5.74, 6) is -1.46. The minimum atomic E-state index is -0.704. The van der Waals surface area contributed by atoms with E-state index in [9.17, 15) is 18.8 Å². The second-order valence-electron chi connectivity index (χ2n) is 8.82. The number of aromatic nitrogens is 2. The number of carbonyl (C=O) groups is 3. The minimum Gasteiger partial charge on any atom is -0.461 e. The standard InChI is InChI=1S/C17H18FN3O3.C7H13NO/c1-4-24-16(23)12-9-14-15(22)21(13-8-6-5-7-11(13)18)17(2,3)10-20(14)19-12;9-6-8-7-4-2-1-3-5-7/h5-9H,4,10H2,1-3H3;6-7H,1-5H2,(H,8,9). The number of nitrogens with one attached hydrogen (secondary N) is 1. The van der Waals surface area contributed by atoms with Crippen LogP contribution in [0.1, 0.15) is 73.9 Å². The van der Waals surface area contributed by atoms with Gasteiger partial charge in [0.05, 0.1) is 24.4 Å². The van der Waals surface area contributed by atoms with Crippen LogP contribution in [0.15, 0.2) is 30.3 Å². The molecule has 0 atom stereocenters. The van der Waals surface area contributed by atoms with Gasteiger partial charge in [0.1, 0.15) is 11.5 Å². The molecule has 178 valence electrons. The fourth-order valence-corrected chi connectivity index (χ4v) is 4.27. The number of hydrogen-bond donors (Lipinski definition) is 1. The molecule has 2 aliphatic rings. The molecule has 2 amide bonds. The second kappa shape index (κ2) is 10.6. The lowest BCUT2D eigenvalue weighted by Crippen LogP contribution is -2.55. The van der Waals surface area contributed by atoms with Gasteiger partial charge < -0.3 is 10.1 Å². The molecule has 1 N–H and O–H groups in total. The van der Waals surface area contributed by atoms with Crippen molar-refractivity contribution in [2.75, 3.05) is 11.5 Å². The maximum atomic E-state index is 14.2. The summed E-state index contributed by atoms with van der Waals surface area (Å²) < 4.78 is 20.6. The number of hydrogen-bond acceptors (Lipinski definition) is 5. The average Bonchev–Trinajstić information content (AvgIpc) is 3.20. The van der Waals surface area contributed by atoms with E-state index < -0.39 is 23.2 Å². The number of anilines is 1. The highest BCUT2D eigenvalue weighted by Crippen LogP contribution is 2.33. The van der Waals surface area contributed by atoms with Gasteiger partial charge in [-0.1, -0.05) is 31.4 Å². The van der Waals surface area contributed by atoms with E-state index >= 15 is 0 Å². The van der Waals surface area contributed by atoms with E-state index in [1.807, 2.05) is 13.8 Å². The normalized spacial score (nSPS) is 17.5. The first-order valence-electron chi connectivity index (χ1n) is 11.3. The second-order valence-corrected chi connectivity index (χ2v) is 8.82. The maximum absolute atomic E-state index is 14.2. The number of amides is 2. The van der Waals surface area contributed by atoms with Gasteiger partial charge in [-0.3, -0.25) is 19.2 Å². The van der Waals surface area contributed by atoms with E-state index in [4.69, 9.17) is 4.74 Å². The number of esters is 1. The van der Waals surface area contributed by atoms with Gasteiger partial charge in [-0.15, -0.1) is 0 Å². The van der Waals surface area contributed by atoms with E-state index in [0.29, 0.717) is 12.6 Å². The molecule has 2 aromatic rings. The molecule has 1 aromatic heterocycles. The Labute approximate surface area is 193 Å². The molecule has 1 aliphatic carbocycles. The zero-order valence-electron chi connectivity index (χ0n) is 19.3. The van der Waals surface area contributed by atoms with Gasteiger partial charge in [0.25, 0.3) is 5.91 Å². The Morgan fingerprint density at radius 3 is 2.61 bits per heavy atom. The highest BCUT2D eigenvalue weighted by molar-refractivity contribution is 6.07. The molecule has 33 heavy (non-hydrogen) atoms. The summed E-state index contributed by atoms with van der Waals surface area (Å²) in [6.07, 6.45) is 7.08. The topological polar surface area (TPSA) is 93.5 Å². The third-order valence-electron chi connectivity index (χ3n) is 5.83. The van der Waals surface area contributed by atoms with Crippen LogP contribution in [-0.4, -0.2) is 46.3 Å². The van der Waals surface area contributed by atoms with Gasteiger partial charge in [0, 0.05) is 12.1 Å². The fourth-order valence-electron chi connectivity index (χ4n) is 4.27. The van der Waals surface area contributed by atoms with Crippen molar-refractivity contribution in [2.45, 2.75) is 71.0 Å². The predicted octanol–water partition coefficient (Wildman–Crippen LogP) is 3.70. The molecule has 2 heterocycles. The van der Waals surface area contributed by atoms with E-state index in [2.05, 4.69) is 10.4 Å². The van der Waals surface area contributed by atoms with Gasteiger partial charge in [-0.2, -0.15) is 5.10 Å². The summed E-state index contributed by atoms with van der Waals surface area (Å²) in [5.41, 5.74) is -0.186. The number of carbonyl (C=O) groups excluding carboxylic acids is 3. The van der Waals surface area contributed by atoms with Gasteiger partial charge in [-0.25, -0.2) is 9.18 Å². The molecule has 8 nitrogen and oxygen atoms in total. The van der Waals surface area contributed by atoms with Gasteiger partial charge in [0.2, 0.25) is 6.41 Å². The molecular weight excluding hydrogens is 427 g/mol. The van der Waals surface area contributed by atoms with Crippen molar-refractivity contribution < 1.29 is 23.5 Å². The van der Waals surface area contributed by atoms with Crippen molar-refractivity contribution in [3.63, 3.8) is 0 Å². The number of para-hydroxylation sites is 1. The first kappa shape index (κ1) is 24.4. The van der Waals surface area contributed by atoms with Crippen LogP contribution < -0.4 is 10.2 Å². The molecule has 0 unspecified atom stereocenters. The molecule has 9 heteroatoms. The summed E-state index contributed by atoms with van der Waals surface area (Å²) in [5, 5.41) is 6.97. The molecule has 1 aromatic carbocycles. The van der Waals surface area contributed by atoms with Crippen LogP contribution in [0.5, 0.6) is 0 Å². The predicted molar refractivity (Wildman–Crippen MR) is 122 cm³/mol. The summed E-state index contributed by atoms with van der Waals surface area (Å²) in [6, 6.07) is 8.00. The average molecular weight is 459 g/mol. The van der Waals surface area contributed by atoms with E-state index in [0.717, 1.165) is 6.41 Å². The lowest BCUT2D eigenvalue weighted by atomic mass is 9.96. The SMILES string of the molecule is CCOC(=O)c1cc2n(n1)CC(C)(C)N(c1ccccc1F)C2=O.O=CNC1CCCCC1. The highest BCUT2D eigenvalue weighted by Gasteiger charge is 2.41. The van der Waals surface area contributed by atoms with Crippen molar-refractivity contribution >= 4 is 24.0 Å². The molecule has 0 radical (unpaired) electrons. The molecule has 0 bridgehead atoms. The number of fused-ring (bicyclic) bond motifs is 1. The summed E-state index contributed by atoms with van der Waals surface area (Å²) in [6.45, 7) is 5.91. The summed E-state index contributed by atoms with van der Waals surface area (Å²) in [7, 11) is 0. The molecule has 4 rings (SSSR count). The van der Waals surface area contributed by atoms with Crippen LogP contribution in [0, 0.1) is 5.82 Å². The zero-order chi connectivity index (χ0) is 24.0. The van der Waals surface area contributed by atoms with Gasteiger partial charge in [0.15, 0.2) is 5.69 Å². The quantitative estimate of drug-likeness (QED) is 0.545. The molecule has 0 saturated heterocycles. The molecule has 1 saturated carbocycles. The first-order chi connectivity index (χ1) is 15.8. The monoisotopic (exact) mass is 458 g/mol. The Kier molecular flexibility index (Phi) is 7.84. The van der Waals surface area contributed by atoms with Crippen molar-refractivity contribution in [3.8, 4) is 0 Å². The largest absolute Gasteiger partial charge is 0.461 e. The number of rotatable bonds is 5. The minimum absolute atomic E-state index is 0.0754. The van der Waals surface area contributed by atoms with Gasteiger partial charge >= 0.3 is 5.97 Å². The van der Waals surface area contributed by atoms with Crippen molar-refractivity contribution in [3.05, 3.63) is 47.5 Å². The smallest absolute Gasteiger partial charge is 0.358 e. The first-order valence-corrected chi connectivity index (χ1v) is 11.3. The van der Waals surface area contributed by atoms with E-state index in [1.165, 1.54) is 53.8 Å². The molecule has 0 spiro atoms. The van der Waals surface area contributed by atoms with Crippen LogP contribution in [0.25, 0.3) is 0 Å². The summed E-state index contributed by atoms with van der Waals surface area (Å²) >= 11 is 0. The van der Waals surface area contributed by atoms with E-state index in [1.54, 1.807) is 25.1 Å². The summed E-state index contributed by atoms with van der Waals surface area (Å²) in [4.78, 5) is 36.2. The molecule has 1 aliphatic heterocycles. The van der Waals surface area contributed by atoms with Gasteiger partial charge in [-0.05, 0) is 45.7 Å². The number of benzene rings is 1. The van der Waals surface area contributed by atoms with Crippen molar-refractivity contribution in [1.29, 1.82) is 0 Å². The highest BCUT2D eigenvalue weighted by atomic mass is 19.1.